The first kappa shape index (κ1) is 25.7. The summed E-state index contributed by atoms with van der Waals surface area (Å²) in [5.41, 5.74) is 5.48. The molecule has 5 aromatic rings. The number of Topliss-reactive ketones (excluding diaryl/α,β-unsaturated/α-hetero) is 1. The number of rotatable bonds is 10. The molecule has 0 saturated carbocycles. The third-order valence-corrected chi connectivity index (χ3v) is 6.59. The number of fused-ring (bicyclic) bond motifs is 1. The van der Waals surface area contributed by atoms with E-state index in [0.717, 1.165) is 33.2 Å². The lowest BCUT2D eigenvalue weighted by Gasteiger charge is -2.11. The largest absolute Gasteiger partial charge is 0.508 e. The third-order valence-electron chi connectivity index (χ3n) is 6.59. The van der Waals surface area contributed by atoms with Gasteiger partial charge in [0.15, 0.2) is 5.78 Å². The molecule has 0 amide bonds. The second-order valence-corrected chi connectivity index (χ2v) is 9.35. The number of phenolic OH excluding ortho intramolecular Hbond substituents is 1. The van der Waals surface area contributed by atoms with Crippen molar-refractivity contribution in [1.82, 2.24) is 5.32 Å². The fourth-order valence-corrected chi connectivity index (χ4v) is 4.53. The zero-order valence-corrected chi connectivity index (χ0v) is 21.2. The number of para-hydroxylation sites is 1. The van der Waals surface area contributed by atoms with E-state index in [0.29, 0.717) is 30.8 Å². The van der Waals surface area contributed by atoms with Gasteiger partial charge in [-0.05, 0) is 76.0 Å². The summed E-state index contributed by atoms with van der Waals surface area (Å²) >= 11 is 0. The normalized spacial score (nSPS) is 10.9. The number of carboxylic acids is 1. The van der Waals surface area contributed by atoms with Crippen molar-refractivity contribution >= 4 is 33.9 Å². The fraction of sp³-hybridized carbons (Fsp3) is 0.0909. The molecule has 194 valence electrons. The highest BCUT2D eigenvalue weighted by Gasteiger charge is 2.10. The van der Waals surface area contributed by atoms with Gasteiger partial charge in [-0.1, -0.05) is 60.7 Å². The van der Waals surface area contributed by atoms with Crippen LogP contribution in [0, 0.1) is 0 Å². The predicted octanol–water partition coefficient (Wildman–Crippen LogP) is 7.02. The number of aromatic carboxylic acids is 1. The highest BCUT2D eigenvalue weighted by Crippen LogP contribution is 2.26. The van der Waals surface area contributed by atoms with E-state index in [1.807, 2.05) is 48.5 Å². The van der Waals surface area contributed by atoms with E-state index in [4.69, 9.17) is 0 Å². The van der Waals surface area contributed by atoms with Crippen LogP contribution >= 0.6 is 0 Å². The number of phenols is 1. The molecule has 0 bridgehead atoms. The van der Waals surface area contributed by atoms with Crippen LogP contribution in [-0.4, -0.2) is 28.5 Å². The molecule has 5 aromatic carbocycles. The van der Waals surface area contributed by atoms with E-state index in [1.165, 1.54) is 0 Å². The van der Waals surface area contributed by atoms with Gasteiger partial charge < -0.3 is 20.8 Å². The average molecular weight is 517 g/mol. The molecule has 0 heterocycles. The van der Waals surface area contributed by atoms with Gasteiger partial charge >= 0.3 is 5.97 Å². The van der Waals surface area contributed by atoms with Crippen molar-refractivity contribution in [2.24, 2.45) is 0 Å². The molecule has 0 unspecified atom stereocenters. The van der Waals surface area contributed by atoms with Gasteiger partial charge in [0, 0.05) is 30.8 Å². The molecule has 0 spiro atoms. The fourth-order valence-electron chi connectivity index (χ4n) is 4.53. The first-order valence-electron chi connectivity index (χ1n) is 12.7. The standard InChI is InChI=1S/C33H28N2O4/c36-29-15-12-25-19-27(9-8-26(25)20-29)32(37)16-17-34-21-22-4-3-5-24(18-22)23-10-13-28(14-11-23)35-31-7-2-1-6-30(31)33(38)39/h1-15,18-20,34-36H,16-17,21H2,(H,38,39). The minimum atomic E-state index is -0.972. The quantitative estimate of drug-likeness (QED) is 0.118. The Morgan fingerprint density at radius 3 is 2.31 bits per heavy atom. The van der Waals surface area contributed by atoms with Crippen LogP contribution in [0.1, 0.15) is 32.7 Å². The summed E-state index contributed by atoms with van der Waals surface area (Å²) < 4.78 is 0. The molecule has 0 saturated heterocycles. The lowest BCUT2D eigenvalue weighted by Crippen LogP contribution is -2.18. The van der Waals surface area contributed by atoms with Gasteiger partial charge in [0.05, 0.1) is 11.3 Å². The van der Waals surface area contributed by atoms with E-state index in [2.05, 4.69) is 28.8 Å². The summed E-state index contributed by atoms with van der Waals surface area (Å²) in [6.07, 6.45) is 0.392. The zero-order valence-electron chi connectivity index (χ0n) is 21.2. The smallest absolute Gasteiger partial charge is 0.337 e. The number of carbonyl (C=O) groups is 2. The van der Waals surface area contributed by atoms with Crippen molar-refractivity contribution in [3.05, 3.63) is 126 Å². The van der Waals surface area contributed by atoms with Crippen molar-refractivity contribution in [3.63, 3.8) is 0 Å². The first-order chi connectivity index (χ1) is 19.0. The van der Waals surface area contributed by atoms with E-state index in [1.54, 1.807) is 42.5 Å². The monoisotopic (exact) mass is 516 g/mol. The Hall–Kier alpha value is -4.94. The lowest BCUT2D eigenvalue weighted by molar-refractivity contribution is 0.0697. The van der Waals surface area contributed by atoms with Gasteiger partial charge in [0.1, 0.15) is 5.75 Å². The molecule has 4 N–H and O–H groups in total. The molecule has 6 heteroatoms. The number of aromatic hydroxyl groups is 1. The summed E-state index contributed by atoms with van der Waals surface area (Å²) in [7, 11) is 0. The van der Waals surface area contributed by atoms with Gasteiger partial charge in [-0.2, -0.15) is 0 Å². The topological polar surface area (TPSA) is 98.7 Å². The Kier molecular flexibility index (Phi) is 7.66. The van der Waals surface area contributed by atoms with Crippen LogP contribution < -0.4 is 10.6 Å². The summed E-state index contributed by atoms with van der Waals surface area (Å²) in [5.74, 6) is -0.686. The average Bonchev–Trinajstić information content (AvgIpc) is 2.95. The molecule has 0 aliphatic heterocycles. The van der Waals surface area contributed by atoms with Crippen LogP contribution in [0.25, 0.3) is 21.9 Å². The molecule has 0 aromatic heterocycles. The number of carboxylic acid groups (broad SMARTS) is 1. The summed E-state index contributed by atoms with van der Waals surface area (Å²) in [5, 5.41) is 27.4. The Morgan fingerprint density at radius 1 is 0.718 bits per heavy atom. The van der Waals surface area contributed by atoms with Crippen molar-refractivity contribution in [2.45, 2.75) is 13.0 Å². The number of nitrogens with one attached hydrogen (secondary N) is 2. The second-order valence-electron chi connectivity index (χ2n) is 9.35. The SMILES string of the molecule is O=C(CCNCc1cccc(-c2ccc(Nc3ccccc3C(=O)O)cc2)c1)c1ccc2cc(O)ccc2c1. The van der Waals surface area contributed by atoms with Gasteiger partial charge in [-0.15, -0.1) is 0 Å². The van der Waals surface area contributed by atoms with E-state index >= 15 is 0 Å². The van der Waals surface area contributed by atoms with E-state index < -0.39 is 5.97 Å². The minimum absolute atomic E-state index is 0.0749. The highest BCUT2D eigenvalue weighted by atomic mass is 16.4. The lowest BCUT2D eigenvalue weighted by atomic mass is 10.0. The van der Waals surface area contributed by atoms with Gasteiger partial charge in [-0.3, -0.25) is 4.79 Å². The molecule has 39 heavy (non-hydrogen) atoms. The maximum atomic E-state index is 12.7. The van der Waals surface area contributed by atoms with Crippen LogP contribution in [0.5, 0.6) is 5.75 Å². The Labute approximate surface area is 226 Å². The van der Waals surface area contributed by atoms with Crippen LogP contribution in [0.2, 0.25) is 0 Å². The molecular weight excluding hydrogens is 488 g/mol. The molecule has 6 nitrogen and oxygen atoms in total. The van der Waals surface area contributed by atoms with Crippen molar-refractivity contribution < 1.29 is 19.8 Å². The maximum Gasteiger partial charge on any atom is 0.337 e. The number of anilines is 2. The number of hydrogen-bond acceptors (Lipinski definition) is 5. The molecule has 0 radical (unpaired) electrons. The summed E-state index contributed by atoms with van der Waals surface area (Å²) in [4.78, 5) is 24.1. The van der Waals surface area contributed by atoms with Gasteiger partial charge in [0.25, 0.3) is 0 Å². The summed E-state index contributed by atoms with van der Waals surface area (Å²) in [6.45, 7) is 1.21. The minimum Gasteiger partial charge on any atom is -0.508 e. The van der Waals surface area contributed by atoms with Crippen LogP contribution in [0.3, 0.4) is 0 Å². The number of benzene rings is 5. The van der Waals surface area contributed by atoms with Crippen LogP contribution in [0.4, 0.5) is 11.4 Å². The maximum absolute atomic E-state index is 12.7. The third kappa shape index (κ3) is 6.32. The molecule has 5 rings (SSSR count). The van der Waals surface area contributed by atoms with Gasteiger partial charge in [0.2, 0.25) is 0 Å². The van der Waals surface area contributed by atoms with Crippen LogP contribution in [0.15, 0.2) is 109 Å². The van der Waals surface area contributed by atoms with Gasteiger partial charge in [-0.25, -0.2) is 4.79 Å². The summed E-state index contributed by atoms with van der Waals surface area (Å²) in [6, 6.07) is 33.6. The second kappa shape index (κ2) is 11.6. The number of hydrogen-bond donors (Lipinski definition) is 4. The van der Waals surface area contributed by atoms with E-state index in [9.17, 15) is 19.8 Å². The van der Waals surface area contributed by atoms with Crippen LogP contribution in [-0.2, 0) is 6.54 Å². The molecule has 0 atom stereocenters. The number of ketones is 1. The molecule has 0 fully saturated rings. The number of carbonyl (C=O) groups excluding carboxylic acids is 1. The Bertz CT molecular complexity index is 1640. The van der Waals surface area contributed by atoms with Crippen molar-refractivity contribution in [2.75, 3.05) is 11.9 Å². The van der Waals surface area contributed by atoms with Crippen molar-refractivity contribution in [1.29, 1.82) is 0 Å². The molecular formula is C33H28N2O4. The zero-order chi connectivity index (χ0) is 27.2. The molecule has 0 aliphatic rings. The highest BCUT2D eigenvalue weighted by molar-refractivity contribution is 6.00. The Morgan fingerprint density at radius 2 is 1.49 bits per heavy atom. The molecule has 0 aliphatic carbocycles. The first-order valence-corrected chi connectivity index (χ1v) is 12.7. The Balaban J connectivity index is 1.16. The van der Waals surface area contributed by atoms with E-state index in [-0.39, 0.29) is 17.1 Å². The predicted molar refractivity (Wildman–Crippen MR) is 155 cm³/mol. The van der Waals surface area contributed by atoms with Crippen molar-refractivity contribution in [3.8, 4) is 16.9 Å².